The van der Waals surface area contributed by atoms with Crippen LogP contribution in [0.4, 0.5) is 5.69 Å². The van der Waals surface area contributed by atoms with Gasteiger partial charge in [0, 0.05) is 39.8 Å². The summed E-state index contributed by atoms with van der Waals surface area (Å²) in [5.74, 6) is 0.0262. The summed E-state index contributed by atoms with van der Waals surface area (Å²) >= 11 is 11.9. The van der Waals surface area contributed by atoms with Crippen molar-refractivity contribution in [3.8, 4) is 0 Å². The summed E-state index contributed by atoms with van der Waals surface area (Å²) in [5.41, 5.74) is 3.06. The molecule has 0 bridgehead atoms. The molecule has 1 aromatic rings. The van der Waals surface area contributed by atoms with Crippen molar-refractivity contribution in [2.45, 2.75) is 13.8 Å². The molecule has 1 aliphatic heterocycles. The molecule has 0 spiro atoms. The van der Waals surface area contributed by atoms with E-state index in [0.29, 0.717) is 29.8 Å². The Morgan fingerprint density at radius 3 is 2.58 bits per heavy atom. The third kappa shape index (κ3) is 6.09. The lowest BCUT2D eigenvalue weighted by Gasteiger charge is -2.36. The average Bonchev–Trinajstić information content (AvgIpc) is 2.58. The SMILES string of the molecule is COCCNC(=O)CN1CCN(C(=S)Nc2c(C)cc(C)cc2Cl)CC1. The van der Waals surface area contributed by atoms with Gasteiger partial charge in [-0.25, -0.2) is 0 Å². The number of nitrogens with one attached hydrogen (secondary N) is 2. The van der Waals surface area contributed by atoms with Gasteiger partial charge < -0.3 is 20.3 Å². The Morgan fingerprint density at radius 1 is 1.27 bits per heavy atom. The van der Waals surface area contributed by atoms with Crippen LogP contribution < -0.4 is 10.6 Å². The lowest BCUT2D eigenvalue weighted by molar-refractivity contribution is -0.122. The number of carbonyl (C=O) groups excluding carboxylic acids is 1. The second kappa shape index (κ2) is 10.1. The van der Waals surface area contributed by atoms with Gasteiger partial charge in [-0.05, 0) is 43.3 Å². The van der Waals surface area contributed by atoms with Crippen molar-refractivity contribution in [3.05, 3.63) is 28.3 Å². The molecule has 8 heteroatoms. The Balaban J connectivity index is 1.80. The predicted molar refractivity (Wildman–Crippen MR) is 110 cm³/mol. The zero-order chi connectivity index (χ0) is 19.1. The van der Waals surface area contributed by atoms with Crippen LogP contribution in [0.2, 0.25) is 5.02 Å². The first-order valence-electron chi connectivity index (χ1n) is 8.71. The van der Waals surface area contributed by atoms with E-state index in [0.717, 1.165) is 43.0 Å². The van der Waals surface area contributed by atoms with Gasteiger partial charge in [0.2, 0.25) is 5.91 Å². The Hall–Kier alpha value is -1.41. The largest absolute Gasteiger partial charge is 0.383 e. The summed E-state index contributed by atoms with van der Waals surface area (Å²) in [7, 11) is 1.62. The number of aryl methyl sites for hydroxylation is 2. The number of rotatable bonds is 6. The number of halogens is 1. The van der Waals surface area contributed by atoms with Crippen molar-refractivity contribution in [2.75, 3.05) is 58.3 Å². The predicted octanol–water partition coefficient (Wildman–Crippen LogP) is 2.03. The number of methoxy groups -OCH3 is 1. The first kappa shape index (κ1) is 20.9. The maximum atomic E-state index is 11.9. The molecule has 6 nitrogen and oxygen atoms in total. The zero-order valence-corrected chi connectivity index (χ0v) is 17.2. The highest BCUT2D eigenvalue weighted by molar-refractivity contribution is 7.80. The third-order valence-electron chi connectivity index (χ3n) is 4.32. The molecule has 1 heterocycles. The number of benzene rings is 1. The molecule has 144 valence electrons. The van der Waals surface area contributed by atoms with Crippen LogP contribution in [0.25, 0.3) is 0 Å². The van der Waals surface area contributed by atoms with Crippen LogP contribution in [-0.4, -0.2) is 73.8 Å². The first-order valence-corrected chi connectivity index (χ1v) is 9.50. The van der Waals surface area contributed by atoms with Gasteiger partial charge in [0.05, 0.1) is 23.9 Å². The van der Waals surface area contributed by atoms with E-state index in [-0.39, 0.29) is 5.91 Å². The molecule has 0 saturated carbocycles. The summed E-state index contributed by atoms with van der Waals surface area (Å²) in [6, 6.07) is 4.01. The molecule has 2 rings (SSSR count). The molecule has 0 radical (unpaired) electrons. The van der Waals surface area contributed by atoms with Gasteiger partial charge in [0.15, 0.2) is 5.11 Å². The van der Waals surface area contributed by atoms with E-state index >= 15 is 0 Å². The Labute approximate surface area is 165 Å². The molecule has 1 amide bonds. The monoisotopic (exact) mass is 398 g/mol. The van der Waals surface area contributed by atoms with Crippen LogP contribution in [-0.2, 0) is 9.53 Å². The smallest absolute Gasteiger partial charge is 0.234 e. The topological polar surface area (TPSA) is 56.8 Å². The Bertz CT molecular complexity index is 625. The van der Waals surface area contributed by atoms with Crippen LogP contribution in [0.1, 0.15) is 11.1 Å². The van der Waals surface area contributed by atoms with Gasteiger partial charge in [-0.15, -0.1) is 0 Å². The highest BCUT2D eigenvalue weighted by Gasteiger charge is 2.21. The maximum absolute atomic E-state index is 11.9. The molecule has 0 atom stereocenters. The zero-order valence-electron chi connectivity index (χ0n) is 15.6. The Morgan fingerprint density at radius 2 is 1.96 bits per heavy atom. The average molecular weight is 399 g/mol. The van der Waals surface area contributed by atoms with E-state index < -0.39 is 0 Å². The van der Waals surface area contributed by atoms with Crippen LogP contribution in [0.5, 0.6) is 0 Å². The number of carbonyl (C=O) groups is 1. The van der Waals surface area contributed by atoms with Gasteiger partial charge >= 0.3 is 0 Å². The molecule has 26 heavy (non-hydrogen) atoms. The van der Waals surface area contributed by atoms with Crippen molar-refractivity contribution >= 4 is 40.5 Å². The van der Waals surface area contributed by atoms with Crippen LogP contribution in [0, 0.1) is 13.8 Å². The minimum absolute atomic E-state index is 0.0262. The number of amides is 1. The molecule has 1 aromatic carbocycles. The van der Waals surface area contributed by atoms with E-state index in [1.807, 2.05) is 19.9 Å². The highest BCUT2D eigenvalue weighted by Crippen LogP contribution is 2.27. The van der Waals surface area contributed by atoms with Crippen LogP contribution >= 0.6 is 23.8 Å². The highest BCUT2D eigenvalue weighted by atomic mass is 35.5. The minimum Gasteiger partial charge on any atom is -0.383 e. The van der Waals surface area contributed by atoms with Crippen molar-refractivity contribution in [2.24, 2.45) is 0 Å². The van der Waals surface area contributed by atoms with E-state index in [1.54, 1.807) is 7.11 Å². The van der Waals surface area contributed by atoms with Gasteiger partial charge in [0.25, 0.3) is 0 Å². The normalized spacial score (nSPS) is 15.0. The summed E-state index contributed by atoms with van der Waals surface area (Å²) < 4.78 is 4.93. The number of hydrogen-bond acceptors (Lipinski definition) is 4. The number of anilines is 1. The lowest BCUT2D eigenvalue weighted by atomic mass is 10.1. The van der Waals surface area contributed by atoms with Gasteiger partial charge in [-0.3, -0.25) is 9.69 Å². The molecule has 1 saturated heterocycles. The summed E-state index contributed by atoms with van der Waals surface area (Å²) in [6.45, 7) is 8.65. The number of thiocarbonyl (C=S) groups is 1. The molecule has 0 unspecified atom stereocenters. The van der Waals surface area contributed by atoms with Gasteiger partial charge in [-0.1, -0.05) is 17.7 Å². The van der Waals surface area contributed by atoms with E-state index in [2.05, 4.69) is 26.5 Å². The number of hydrogen-bond donors (Lipinski definition) is 2. The summed E-state index contributed by atoms with van der Waals surface area (Å²) in [4.78, 5) is 16.1. The number of piperazine rings is 1. The summed E-state index contributed by atoms with van der Waals surface area (Å²) in [5, 5.41) is 7.47. The quantitative estimate of drug-likeness (QED) is 0.565. The van der Waals surface area contributed by atoms with Crippen LogP contribution in [0.3, 0.4) is 0 Å². The second-order valence-electron chi connectivity index (χ2n) is 6.47. The molecule has 1 fully saturated rings. The summed E-state index contributed by atoms with van der Waals surface area (Å²) in [6.07, 6.45) is 0. The third-order valence-corrected chi connectivity index (χ3v) is 4.98. The van der Waals surface area contributed by atoms with Crippen molar-refractivity contribution in [1.29, 1.82) is 0 Å². The molecule has 0 aromatic heterocycles. The Kier molecular flexibility index (Phi) is 8.09. The number of ether oxygens (including phenoxy) is 1. The van der Waals surface area contributed by atoms with Gasteiger partial charge in [-0.2, -0.15) is 0 Å². The van der Waals surface area contributed by atoms with E-state index in [1.165, 1.54) is 0 Å². The van der Waals surface area contributed by atoms with E-state index in [9.17, 15) is 4.79 Å². The molecule has 0 aliphatic carbocycles. The van der Waals surface area contributed by atoms with Gasteiger partial charge in [0.1, 0.15) is 0 Å². The van der Waals surface area contributed by atoms with Crippen LogP contribution in [0.15, 0.2) is 12.1 Å². The fourth-order valence-electron chi connectivity index (χ4n) is 2.92. The molecule has 2 N–H and O–H groups in total. The second-order valence-corrected chi connectivity index (χ2v) is 7.27. The number of nitrogens with zero attached hydrogens (tertiary/aromatic N) is 2. The molecular formula is C18H27ClN4O2S. The first-order chi connectivity index (χ1) is 12.4. The van der Waals surface area contributed by atoms with E-state index in [4.69, 9.17) is 28.6 Å². The van der Waals surface area contributed by atoms with Crippen molar-refractivity contribution in [3.63, 3.8) is 0 Å². The van der Waals surface area contributed by atoms with Crippen molar-refractivity contribution < 1.29 is 9.53 Å². The lowest BCUT2D eigenvalue weighted by Crippen LogP contribution is -2.52. The fraction of sp³-hybridized carbons (Fsp3) is 0.556. The molecular weight excluding hydrogens is 372 g/mol. The fourth-order valence-corrected chi connectivity index (χ4v) is 3.57. The van der Waals surface area contributed by atoms with Crippen molar-refractivity contribution in [1.82, 2.24) is 15.1 Å². The maximum Gasteiger partial charge on any atom is 0.234 e. The standard InChI is InChI=1S/C18H27ClN4O2S/c1-13-10-14(2)17(15(19)11-13)21-18(26)23-7-5-22(6-8-23)12-16(24)20-4-9-25-3/h10-11H,4-9,12H2,1-3H3,(H,20,24)(H,21,26). The molecule has 1 aliphatic rings. The minimum atomic E-state index is 0.0262.